The molecule has 0 aliphatic rings. The molecule has 2 rings (SSSR count). The van der Waals surface area contributed by atoms with E-state index in [1.165, 1.54) is 10.4 Å². The summed E-state index contributed by atoms with van der Waals surface area (Å²) in [6.45, 7) is 3.63. The number of nitrogens with one attached hydrogen (secondary N) is 1. The summed E-state index contributed by atoms with van der Waals surface area (Å²) in [6, 6.07) is 5.93. The molecule has 0 saturated heterocycles. The highest BCUT2D eigenvalue weighted by atomic mass is 35.5. The van der Waals surface area contributed by atoms with Crippen molar-refractivity contribution in [3.05, 3.63) is 45.0 Å². The van der Waals surface area contributed by atoms with Crippen LogP contribution in [0.2, 0.25) is 4.34 Å². The van der Waals surface area contributed by atoms with Crippen LogP contribution in [-0.4, -0.2) is 0 Å². The van der Waals surface area contributed by atoms with E-state index in [9.17, 15) is 0 Å². The fourth-order valence-electron chi connectivity index (χ4n) is 1.33. The van der Waals surface area contributed by atoms with Crippen LogP contribution in [0.4, 0.5) is 0 Å². The first-order valence-corrected chi connectivity index (χ1v) is 5.93. The molecule has 0 amide bonds. The number of furan rings is 1. The molecule has 0 radical (unpaired) electrons. The van der Waals surface area contributed by atoms with Crippen LogP contribution in [0.3, 0.4) is 0 Å². The lowest BCUT2D eigenvalue weighted by atomic mass is 10.3. The maximum atomic E-state index is 5.84. The Hall–Kier alpha value is -0.770. The van der Waals surface area contributed by atoms with Crippen LogP contribution < -0.4 is 5.32 Å². The highest BCUT2D eigenvalue weighted by Gasteiger charge is 2.02. The summed E-state index contributed by atoms with van der Waals surface area (Å²) in [4.78, 5) is 1.24. The van der Waals surface area contributed by atoms with E-state index in [1.54, 1.807) is 17.6 Å². The van der Waals surface area contributed by atoms with E-state index in [2.05, 4.69) is 5.32 Å². The second-order valence-corrected chi connectivity index (χ2v) is 5.14. The second-order valence-electron chi connectivity index (χ2n) is 3.34. The third-order valence-electron chi connectivity index (χ3n) is 2.18. The van der Waals surface area contributed by atoms with Crippen molar-refractivity contribution in [1.29, 1.82) is 0 Å². The van der Waals surface area contributed by atoms with E-state index in [4.69, 9.17) is 16.0 Å². The maximum absolute atomic E-state index is 5.84. The zero-order valence-electron chi connectivity index (χ0n) is 8.42. The molecule has 2 nitrogen and oxygen atoms in total. The average Bonchev–Trinajstić information content (AvgIpc) is 2.77. The minimum absolute atomic E-state index is 0.758. The van der Waals surface area contributed by atoms with Gasteiger partial charge in [0.1, 0.15) is 5.76 Å². The third kappa shape index (κ3) is 2.84. The molecule has 2 heterocycles. The average molecular weight is 242 g/mol. The minimum atomic E-state index is 0.758. The molecule has 0 aliphatic carbocycles. The molecular weight excluding hydrogens is 230 g/mol. The van der Waals surface area contributed by atoms with E-state index >= 15 is 0 Å². The van der Waals surface area contributed by atoms with Crippen LogP contribution in [0.15, 0.2) is 28.9 Å². The van der Waals surface area contributed by atoms with Gasteiger partial charge in [-0.15, -0.1) is 11.3 Å². The van der Waals surface area contributed by atoms with Crippen molar-refractivity contribution in [3.63, 3.8) is 0 Å². The van der Waals surface area contributed by atoms with Crippen LogP contribution in [0.1, 0.15) is 16.2 Å². The van der Waals surface area contributed by atoms with E-state index < -0.39 is 0 Å². The Morgan fingerprint density at radius 2 is 2.20 bits per heavy atom. The monoisotopic (exact) mass is 241 g/mol. The molecular formula is C11H12ClNOS. The summed E-state index contributed by atoms with van der Waals surface area (Å²) in [5.74, 6) is 0.998. The zero-order valence-corrected chi connectivity index (χ0v) is 9.99. The Bertz CT molecular complexity index is 435. The maximum Gasteiger partial charge on any atom is 0.120 e. The van der Waals surface area contributed by atoms with Crippen LogP contribution in [0.5, 0.6) is 0 Å². The first-order chi connectivity index (χ1) is 7.25. The van der Waals surface area contributed by atoms with Crippen LogP contribution in [-0.2, 0) is 13.1 Å². The van der Waals surface area contributed by atoms with Gasteiger partial charge < -0.3 is 9.73 Å². The summed E-state index contributed by atoms with van der Waals surface area (Å²) in [7, 11) is 0. The molecule has 1 N–H and O–H groups in total. The fraction of sp³-hybridized carbons (Fsp3) is 0.273. The molecule has 0 saturated carbocycles. The predicted octanol–water partition coefficient (Wildman–Crippen LogP) is 3.59. The van der Waals surface area contributed by atoms with Gasteiger partial charge in [-0.25, -0.2) is 0 Å². The Balaban J connectivity index is 1.83. The lowest BCUT2D eigenvalue weighted by Crippen LogP contribution is -2.11. The number of halogens is 1. The Morgan fingerprint density at radius 1 is 1.33 bits per heavy atom. The molecule has 4 heteroatoms. The van der Waals surface area contributed by atoms with Gasteiger partial charge in [-0.05, 0) is 30.7 Å². The van der Waals surface area contributed by atoms with Crippen LogP contribution in [0, 0.1) is 6.92 Å². The highest BCUT2D eigenvalue weighted by molar-refractivity contribution is 7.16. The zero-order chi connectivity index (χ0) is 10.7. The minimum Gasteiger partial charge on any atom is -0.468 e. The van der Waals surface area contributed by atoms with Crippen molar-refractivity contribution in [2.75, 3.05) is 0 Å². The van der Waals surface area contributed by atoms with E-state index in [0.29, 0.717) is 0 Å². The summed E-state index contributed by atoms with van der Waals surface area (Å²) in [5, 5.41) is 3.32. The summed E-state index contributed by atoms with van der Waals surface area (Å²) < 4.78 is 6.16. The molecule has 0 spiro atoms. The van der Waals surface area contributed by atoms with E-state index in [-0.39, 0.29) is 0 Å². The SMILES string of the molecule is Cc1ccoc1CNCc1ccc(Cl)s1. The van der Waals surface area contributed by atoms with E-state index in [1.807, 2.05) is 25.1 Å². The molecule has 15 heavy (non-hydrogen) atoms. The van der Waals surface area contributed by atoms with Crippen molar-refractivity contribution in [1.82, 2.24) is 5.32 Å². The standard InChI is InChI=1S/C11H12ClNOS/c1-8-4-5-14-10(8)7-13-6-9-2-3-11(12)15-9/h2-5,13H,6-7H2,1H3. The summed E-state index contributed by atoms with van der Waals surface area (Å²) in [5.41, 5.74) is 1.19. The Labute approximate surface area is 97.9 Å². The van der Waals surface area contributed by atoms with Gasteiger partial charge in [0.25, 0.3) is 0 Å². The lowest BCUT2D eigenvalue weighted by molar-refractivity contribution is 0.481. The first kappa shape index (κ1) is 10.7. The van der Waals surface area contributed by atoms with Crippen molar-refractivity contribution in [2.45, 2.75) is 20.0 Å². The van der Waals surface area contributed by atoms with Crippen molar-refractivity contribution in [2.24, 2.45) is 0 Å². The molecule has 0 aromatic carbocycles. The summed E-state index contributed by atoms with van der Waals surface area (Å²) >= 11 is 7.44. The third-order valence-corrected chi connectivity index (χ3v) is 3.41. The highest BCUT2D eigenvalue weighted by Crippen LogP contribution is 2.21. The van der Waals surface area contributed by atoms with Crippen molar-refractivity contribution in [3.8, 4) is 0 Å². The predicted molar refractivity (Wildman–Crippen MR) is 63.3 cm³/mol. The van der Waals surface area contributed by atoms with Gasteiger partial charge in [0.2, 0.25) is 0 Å². The van der Waals surface area contributed by atoms with Gasteiger partial charge in [-0.3, -0.25) is 0 Å². The smallest absolute Gasteiger partial charge is 0.120 e. The van der Waals surface area contributed by atoms with Gasteiger partial charge >= 0.3 is 0 Å². The first-order valence-electron chi connectivity index (χ1n) is 4.73. The topological polar surface area (TPSA) is 25.2 Å². The number of hydrogen-bond donors (Lipinski definition) is 1. The lowest BCUT2D eigenvalue weighted by Gasteiger charge is -2.00. The normalized spacial score (nSPS) is 10.8. The number of hydrogen-bond acceptors (Lipinski definition) is 3. The number of thiophene rings is 1. The molecule has 0 aliphatic heterocycles. The van der Waals surface area contributed by atoms with E-state index in [0.717, 1.165) is 23.2 Å². The molecule has 2 aromatic heterocycles. The summed E-state index contributed by atoms with van der Waals surface area (Å²) in [6.07, 6.45) is 1.72. The van der Waals surface area contributed by atoms with Gasteiger partial charge in [-0.2, -0.15) is 0 Å². The quantitative estimate of drug-likeness (QED) is 0.885. The van der Waals surface area contributed by atoms with Gasteiger partial charge in [0.05, 0.1) is 17.1 Å². The largest absolute Gasteiger partial charge is 0.468 e. The molecule has 2 aromatic rings. The fourth-order valence-corrected chi connectivity index (χ4v) is 2.39. The van der Waals surface area contributed by atoms with Gasteiger partial charge in [0, 0.05) is 11.4 Å². The number of rotatable bonds is 4. The van der Waals surface area contributed by atoms with Crippen LogP contribution in [0.25, 0.3) is 0 Å². The molecule has 0 atom stereocenters. The number of aryl methyl sites for hydroxylation is 1. The van der Waals surface area contributed by atoms with Crippen molar-refractivity contribution < 1.29 is 4.42 Å². The van der Waals surface area contributed by atoms with Gasteiger partial charge in [-0.1, -0.05) is 11.6 Å². The van der Waals surface area contributed by atoms with Crippen molar-refractivity contribution >= 4 is 22.9 Å². The Kier molecular flexibility index (Phi) is 3.46. The molecule has 0 bridgehead atoms. The molecule has 0 fully saturated rings. The van der Waals surface area contributed by atoms with Gasteiger partial charge in [0.15, 0.2) is 0 Å². The van der Waals surface area contributed by atoms with Crippen LogP contribution >= 0.6 is 22.9 Å². The second kappa shape index (κ2) is 4.84. The molecule has 0 unspecified atom stereocenters. The molecule has 80 valence electrons. The Morgan fingerprint density at radius 3 is 2.80 bits per heavy atom.